The number of nitrogens with zero attached hydrogens (tertiary/aromatic N) is 1. The summed E-state index contributed by atoms with van der Waals surface area (Å²) in [5.41, 5.74) is 0.790. The third kappa shape index (κ3) is 7.16. The zero-order valence-corrected chi connectivity index (χ0v) is 22.6. The van der Waals surface area contributed by atoms with Gasteiger partial charge in [0.25, 0.3) is 10.0 Å². The molecule has 0 bridgehead atoms. The number of aryl methyl sites for hydroxylation is 1. The molecule has 0 fully saturated rings. The molecule has 3 aromatic rings. The second-order valence-corrected chi connectivity index (χ2v) is 10.3. The van der Waals surface area contributed by atoms with Crippen LogP contribution in [0.5, 0.6) is 17.2 Å². The lowest BCUT2D eigenvalue weighted by Crippen LogP contribution is -2.41. The second kappa shape index (κ2) is 13.7. The van der Waals surface area contributed by atoms with Crippen LogP contribution in [0.25, 0.3) is 0 Å². The fourth-order valence-electron chi connectivity index (χ4n) is 3.81. The summed E-state index contributed by atoms with van der Waals surface area (Å²) in [6.07, 6.45) is 2.18. The number of benzene rings is 3. The summed E-state index contributed by atoms with van der Waals surface area (Å²) in [7, 11) is -1.53. The number of carbonyl (C=O) groups excluding carboxylic acids is 1. The Balaban J connectivity index is 1.74. The first-order valence-electron chi connectivity index (χ1n) is 12.3. The molecule has 38 heavy (non-hydrogen) atoms. The summed E-state index contributed by atoms with van der Waals surface area (Å²) in [6, 6.07) is 17.2. The largest absolute Gasteiger partial charge is 0.493 e. The SMILES string of the molecule is CCCOc1ccccc1CCCNC(=O)CN(c1ccccc1F)S(=O)(=O)c1ccc(OC)c(OC)c1. The molecule has 0 atom stereocenters. The van der Waals surface area contributed by atoms with E-state index in [0.717, 1.165) is 28.1 Å². The molecule has 0 saturated carbocycles. The van der Waals surface area contributed by atoms with Gasteiger partial charge in [-0.25, -0.2) is 12.8 Å². The van der Waals surface area contributed by atoms with Crippen LogP contribution in [0.3, 0.4) is 0 Å². The average molecular weight is 545 g/mol. The van der Waals surface area contributed by atoms with Gasteiger partial charge in [-0.2, -0.15) is 0 Å². The van der Waals surface area contributed by atoms with Gasteiger partial charge >= 0.3 is 0 Å². The minimum absolute atomic E-state index is 0.171. The number of para-hydroxylation sites is 2. The highest BCUT2D eigenvalue weighted by molar-refractivity contribution is 7.92. The molecule has 8 nitrogen and oxygen atoms in total. The van der Waals surface area contributed by atoms with Gasteiger partial charge in [-0.1, -0.05) is 37.3 Å². The summed E-state index contributed by atoms with van der Waals surface area (Å²) in [5.74, 6) is 0.00582. The predicted molar refractivity (Wildman–Crippen MR) is 144 cm³/mol. The monoisotopic (exact) mass is 544 g/mol. The highest BCUT2D eigenvalue weighted by Crippen LogP contribution is 2.32. The summed E-state index contributed by atoms with van der Waals surface area (Å²) >= 11 is 0. The molecule has 0 radical (unpaired) electrons. The van der Waals surface area contributed by atoms with E-state index in [4.69, 9.17) is 14.2 Å². The maximum Gasteiger partial charge on any atom is 0.265 e. The Labute approximate surface area is 223 Å². The second-order valence-electron chi connectivity index (χ2n) is 8.39. The third-order valence-corrected chi connectivity index (χ3v) is 7.49. The average Bonchev–Trinajstić information content (AvgIpc) is 2.93. The number of amides is 1. The Hall–Kier alpha value is -3.79. The molecule has 0 aliphatic carbocycles. The number of hydrogen-bond donors (Lipinski definition) is 1. The molecule has 3 aromatic carbocycles. The van der Waals surface area contributed by atoms with E-state index in [1.54, 1.807) is 0 Å². The number of nitrogens with one attached hydrogen (secondary N) is 1. The van der Waals surface area contributed by atoms with Crippen LogP contribution in [-0.4, -0.2) is 48.2 Å². The molecule has 0 unspecified atom stereocenters. The Morgan fingerprint density at radius 3 is 2.37 bits per heavy atom. The maximum absolute atomic E-state index is 14.7. The maximum atomic E-state index is 14.7. The number of methoxy groups -OCH3 is 2. The lowest BCUT2D eigenvalue weighted by Gasteiger charge is -2.25. The highest BCUT2D eigenvalue weighted by Gasteiger charge is 2.30. The van der Waals surface area contributed by atoms with Crippen molar-refractivity contribution in [2.45, 2.75) is 31.1 Å². The highest BCUT2D eigenvalue weighted by atomic mass is 32.2. The van der Waals surface area contributed by atoms with Crippen LogP contribution >= 0.6 is 0 Å². The standard InChI is InChI=1S/C28H33FN2O6S/c1-4-18-37-25-14-8-5-10-21(25)11-9-17-30-28(32)20-31(24-13-7-6-12-23(24)29)38(33,34)22-15-16-26(35-2)27(19-22)36-3/h5-8,10,12-16,19H,4,9,11,17-18,20H2,1-3H3,(H,30,32). The molecule has 0 aliphatic rings. The quantitative estimate of drug-likeness (QED) is 0.299. The van der Waals surface area contributed by atoms with Crippen LogP contribution in [0.15, 0.2) is 71.6 Å². The molecule has 10 heteroatoms. The number of rotatable bonds is 14. The summed E-state index contributed by atoms with van der Waals surface area (Å²) in [6.45, 7) is 2.36. The van der Waals surface area contributed by atoms with E-state index in [0.29, 0.717) is 31.7 Å². The van der Waals surface area contributed by atoms with Gasteiger partial charge in [0.15, 0.2) is 11.5 Å². The Morgan fingerprint density at radius 2 is 1.66 bits per heavy atom. The Kier molecular flexibility index (Phi) is 10.3. The van der Waals surface area contributed by atoms with Crippen LogP contribution in [0.2, 0.25) is 0 Å². The van der Waals surface area contributed by atoms with Crippen molar-refractivity contribution in [3.63, 3.8) is 0 Å². The van der Waals surface area contributed by atoms with E-state index in [-0.39, 0.29) is 16.3 Å². The first-order valence-corrected chi connectivity index (χ1v) is 13.7. The fourth-order valence-corrected chi connectivity index (χ4v) is 5.26. The van der Waals surface area contributed by atoms with Crippen LogP contribution in [0, 0.1) is 5.82 Å². The van der Waals surface area contributed by atoms with Gasteiger partial charge < -0.3 is 19.5 Å². The van der Waals surface area contributed by atoms with E-state index in [2.05, 4.69) is 5.32 Å². The van der Waals surface area contributed by atoms with Crippen LogP contribution < -0.4 is 23.8 Å². The van der Waals surface area contributed by atoms with Gasteiger partial charge in [-0.05, 0) is 55.2 Å². The summed E-state index contributed by atoms with van der Waals surface area (Å²) < 4.78 is 58.9. The molecular weight excluding hydrogens is 511 g/mol. The number of ether oxygens (including phenoxy) is 3. The third-order valence-electron chi connectivity index (χ3n) is 5.73. The van der Waals surface area contributed by atoms with E-state index in [1.165, 1.54) is 50.6 Å². The molecule has 0 aromatic heterocycles. The first-order chi connectivity index (χ1) is 18.3. The number of sulfonamides is 1. The molecule has 1 N–H and O–H groups in total. The van der Waals surface area contributed by atoms with Gasteiger partial charge in [-0.15, -0.1) is 0 Å². The van der Waals surface area contributed by atoms with Crippen molar-refractivity contribution in [1.82, 2.24) is 5.32 Å². The van der Waals surface area contributed by atoms with Crippen LogP contribution in [0.1, 0.15) is 25.3 Å². The molecule has 0 aliphatic heterocycles. The smallest absolute Gasteiger partial charge is 0.265 e. The number of halogens is 1. The minimum Gasteiger partial charge on any atom is -0.493 e. The van der Waals surface area contributed by atoms with Gasteiger partial charge in [0, 0.05) is 12.6 Å². The molecule has 0 spiro atoms. The van der Waals surface area contributed by atoms with E-state index >= 15 is 0 Å². The number of hydrogen-bond acceptors (Lipinski definition) is 6. The molecular formula is C28H33FN2O6S. The lowest BCUT2D eigenvalue weighted by atomic mass is 10.1. The topological polar surface area (TPSA) is 94.2 Å². The fraction of sp³-hybridized carbons (Fsp3) is 0.321. The van der Waals surface area contributed by atoms with Crippen LogP contribution in [-0.2, 0) is 21.2 Å². The van der Waals surface area contributed by atoms with Crippen molar-refractivity contribution >= 4 is 21.6 Å². The van der Waals surface area contributed by atoms with E-state index in [1.807, 2.05) is 31.2 Å². The molecule has 0 heterocycles. The number of anilines is 1. The zero-order valence-electron chi connectivity index (χ0n) is 21.8. The Morgan fingerprint density at radius 1 is 0.947 bits per heavy atom. The van der Waals surface area contributed by atoms with Crippen molar-refractivity contribution in [3.8, 4) is 17.2 Å². The van der Waals surface area contributed by atoms with E-state index in [9.17, 15) is 17.6 Å². The molecule has 204 valence electrons. The summed E-state index contributed by atoms with van der Waals surface area (Å²) in [5, 5.41) is 2.75. The first kappa shape index (κ1) is 28.8. The molecule has 1 amide bonds. The molecule has 0 saturated heterocycles. The van der Waals surface area contributed by atoms with Crippen molar-refractivity contribution in [2.75, 3.05) is 38.2 Å². The van der Waals surface area contributed by atoms with Crippen molar-refractivity contribution in [1.29, 1.82) is 0 Å². The molecule has 3 rings (SSSR count). The Bertz CT molecular complexity index is 1330. The van der Waals surface area contributed by atoms with E-state index < -0.39 is 28.3 Å². The lowest BCUT2D eigenvalue weighted by molar-refractivity contribution is -0.119. The number of carbonyl (C=O) groups is 1. The minimum atomic E-state index is -4.34. The van der Waals surface area contributed by atoms with Crippen molar-refractivity contribution in [3.05, 3.63) is 78.1 Å². The predicted octanol–water partition coefficient (Wildman–Crippen LogP) is 4.58. The van der Waals surface area contributed by atoms with Crippen LogP contribution in [0.4, 0.5) is 10.1 Å². The van der Waals surface area contributed by atoms with Crippen molar-refractivity contribution in [2.24, 2.45) is 0 Å². The van der Waals surface area contributed by atoms with Crippen molar-refractivity contribution < 1.29 is 31.8 Å². The summed E-state index contributed by atoms with van der Waals surface area (Å²) in [4.78, 5) is 12.7. The van der Waals surface area contributed by atoms with Gasteiger partial charge in [0.1, 0.15) is 18.1 Å². The van der Waals surface area contributed by atoms with Gasteiger partial charge in [0.05, 0.1) is 31.4 Å². The normalized spacial score (nSPS) is 11.1. The zero-order chi connectivity index (χ0) is 27.5. The van der Waals surface area contributed by atoms with Gasteiger partial charge in [0.2, 0.25) is 5.91 Å². The van der Waals surface area contributed by atoms with Gasteiger partial charge in [-0.3, -0.25) is 9.10 Å².